The summed E-state index contributed by atoms with van der Waals surface area (Å²) in [6, 6.07) is 27.7. The molecule has 0 aromatic heterocycles. The Labute approximate surface area is 173 Å². The number of benzene rings is 3. The molecule has 0 radical (unpaired) electrons. The highest BCUT2D eigenvalue weighted by molar-refractivity contribution is 7.89. The minimum absolute atomic E-state index is 0.0329. The van der Waals surface area contributed by atoms with Gasteiger partial charge in [-0.3, -0.25) is 0 Å². The minimum atomic E-state index is -3.62. The number of hydrogen-bond donors (Lipinski definition) is 2. The van der Waals surface area contributed by atoms with Gasteiger partial charge >= 0.3 is 0 Å². The second-order valence-electron chi connectivity index (χ2n) is 7.95. The lowest BCUT2D eigenvalue weighted by Gasteiger charge is -2.29. The van der Waals surface area contributed by atoms with Gasteiger partial charge in [0.1, 0.15) is 0 Å². The lowest BCUT2D eigenvalue weighted by molar-refractivity contribution is 0.490. The number of nitrogens with two attached hydrogens (primary N) is 1. The Kier molecular flexibility index (Phi) is 6.52. The molecule has 2 unspecified atom stereocenters. The van der Waals surface area contributed by atoms with Crippen molar-refractivity contribution in [3.05, 3.63) is 108 Å². The Morgan fingerprint density at radius 2 is 1.24 bits per heavy atom. The van der Waals surface area contributed by atoms with Crippen LogP contribution in [0.1, 0.15) is 42.6 Å². The topological polar surface area (TPSA) is 72.2 Å². The quantitative estimate of drug-likeness (QED) is 0.583. The molecule has 4 nitrogen and oxygen atoms in total. The summed E-state index contributed by atoms with van der Waals surface area (Å²) < 4.78 is 29.2. The third kappa shape index (κ3) is 5.54. The van der Waals surface area contributed by atoms with Crippen molar-refractivity contribution >= 4 is 10.0 Å². The van der Waals surface area contributed by atoms with Gasteiger partial charge in [0.2, 0.25) is 10.0 Å². The van der Waals surface area contributed by atoms with Crippen molar-refractivity contribution in [1.82, 2.24) is 4.72 Å². The fourth-order valence-electron chi connectivity index (χ4n) is 3.56. The van der Waals surface area contributed by atoms with Gasteiger partial charge in [0.15, 0.2) is 0 Å². The smallest absolute Gasteiger partial charge is 0.213 e. The van der Waals surface area contributed by atoms with E-state index in [1.807, 2.05) is 105 Å². The Balaban J connectivity index is 1.89. The summed E-state index contributed by atoms with van der Waals surface area (Å²) in [4.78, 5) is 0. The molecule has 3 rings (SSSR count). The highest BCUT2D eigenvalue weighted by Crippen LogP contribution is 2.30. The first-order valence-electron chi connectivity index (χ1n) is 9.69. The molecule has 0 bridgehead atoms. The van der Waals surface area contributed by atoms with Crippen LogP contribution in [-0.4, -0.2) is 14.2 Å². The van der Waals surface area contributed by atoms with Gasteiger partial charge in [-0.25, -0.2) is 13.1 Å². The fraction of sp³-hybridized carbons (Fsp3) is 0.250. The average Bonchev–Trinajstić information content (AvgIpc) is 2.73. The summed E-state index contributed by atoms with van der Waals surface area (Å²) >= 11 is 0. The number of hydrogen-bond acceptors (Lipinski definition) is 3. The molecule has 0 fully saturated rings. The molecular weight excluding hydrogens is 380 g/mol. The molecule has 2 atom stereocenters. The Morgan fingerprint density at radius 1 is 0.793 bits per heavy atom. The molecule has 3 aromatic rings. The van der Waals surface area contributed by atoms with E-state index in [2.05, 4.69) is 4.72 Å². The van der Waals surface area contributed by atoms with Crippen molar-refractivity contribution in [2.75, 3.05) is 5.75 Å². The van der Waals surface area contributed by atoms with E-state index in [9.17, 15) is 8.42 Å². The van der Waals surface area contributed by atoms with Crippen molar-refractivity contribution in [2.45, 2.75) is 31.3 Å². The largest absolute Gasteiger partial charge is 0.322 e. The first kappa shape index (κ1) is 21.2. The summed E-state index contributed by atoms with van der Waals surface area (Å²) in [6.45, 7) is 3.88. The molecule has 0 heterocycles. The summed E-state index contributed by atoms with van der Waals surface area (Å²) in [6.07, 6.45) is 0. The molecule has 0 amide bonds. The predicted octanol–water partition coefficient (Wildman–Crippen LogP) is 4.32. The molecule has 0 aliphatic carbocycles. The van der Waals surface area contributed by atoms with Gasteiger partial charge in [0, 0.05) is 5.41 Å². The highest BCUT2D eigenvalue weighted by Gasteiger charge is 2.32. The van der Waals surface area contributed by atoms with Crippen LogP contribution in [0.5, 0.6) is 0 Å². The molecule has 0 aliphatic heterocycles. The van der Waals surface area contributed by atoms with Crippen LogP contribution in [0.4, 0.5) is 0 Å². The summed E-state index contributed by atoms with van der Waals surface area (Å²) in [5.41, 5.74) is 8.69. The summed E-state index contributed by atoms with van der Waals surface area (Å²) in [7, 11) is -3.62. The second kappa shape index (κ2) is 8.91. The van der Waals surface area contributed by atoms with Crippen LogP contribution in [0.2, 0.25) is 0 Å². The zero-order chi connectivity index (χ0) is 20.9. The van der Waals surface area contributed by atoms with E-state index >= 15 is 0 Å². The van der Waals surface area contributed by atoms with Crippen LogP contribution in [-0.2, 0) is 15.4 Å². The van der Waals surface area contributed by atoms with Crippen LogP contribution in [0, 0.1) is 0 Å². The van der Waals surface area contributed by atoms with Gasteiger partial charge in [0.05, 0.1) is 17.8 Å². The van der Waals surface area contributed by atoms with Crippen molar-refractivity contribution in [2.24, 2.45) is 5.73 Å². The molecule has 0 saturated heterocycles. The van der Waals surface area contributed by atoms with Gasteiger partial charge in [-0.05, 0) is 16.7 Å². The van der Waals surface area contributed by atoms with Crippen LogP contribution < -0.4 is 10.5 Å². The SMILES string of the molecule is CC(C)(CS(=O)(=O)NC(c1ccccc1)C(N)c1ccccc1)c1ccccc1. The third-order valence-electron chi connectivity index (χ3n) is 5.11. The Bertz CT molecular complexity index is 1000. The maximum Gasteiger partial charge on any atom is 0.213 e. The van der Waals surface area contributed by atoms with Crippen LogP contribution in [0.25, 0.3) is 0 Å². The van der Waals surface area contributed by atoms with E-state index < -0.39 is 27.5 Å². The molecule has 0 aliphatic rings. The molecule has 3 N–H and O–H groups in total. The number of nitrogens with one attached hydrogen (secondary N) is 1. The van der Waals surface area contributed by atoms with Gasteiger partial charge < -0.3 is 5.73 Å². The van der Waals surface area contributed by atoms with E-state index in [-0.39, 0.29) is 5.75 Å². The van der Waals surface area contributed by atoms with Crippen molar-refractivity contribution in [3.63, 3.8) is 0 Å². The summed E-state index contributed by atoms with van der Waals surface area (Å²) in [5.74, 6) is -0.0329. The lowest BCUT2D eigenvalue weighted by atomic mass is 9.87. The van der Waals surface area contributed by atoms with E-state index in [0.29, 0.717) is 0 Å². The van der Waals surface area contributed by atoms with Crippen LogP contribution in [0.3, 0.4) is 0 Å². The predicted molar refractivity (Wildman–Crippen MR) is 119 cm³/mol. The van der Waals surface area contributed by atoms with Crippen LogP contribution in [0.15, 0.2) is 91.0 Å². The fourth-order valence-corrected chi connectivity index (χ4v) is 5.43. The Morgan fingerprint density at radius 3 is 1.76 bits per heavy atom. The Hall–Kier alpha value is -2.47. The van der Waals surface area contributed by atoms with E-state index in [1.54, 1.807) is 0 Å². The number of sulfonamides is 1. The maximum absolute atomic E-state index is 13.2. The normalized spacial score (nSPS) is 14.3. The molecule has 5 heteroatoms. The van der Waals surface area contributed by atoms with Crippen molar-refractivity contribution < 1.29 is 8.42 Å². The highest BCUT2D eigenvalue weighted by atomic mass is 32.2. The monoisotopic (exact) mass is 408 g/mol. The zero-order valence-corrected chi connectivity index (χ0v) is 17.6. The molecule has 0 saturated carbocycles. The molecule has 3 aromatic carbocycles. The first-order valence-corrected chi connectivity index (χ1v) is 11.3. The van der Waals surface area contributed by atoms with Crippen molar-refractivity contribution in [3.8, 4) is 0 Å². The standard InChI is InChI=1S/C24H28N2O2S/c1-24(2,21-16-10-5-11-17-21)18-29(27,28)26-23(20-14-8-4-9-15-20)22(25)19-12-6-3-7-13-19/h3-17,22-23,26H,18,25H2,1-2H3. The summed E-state index contributed by atoms with van der Waals surface area (Å²) in [5, 5.41) is 0. The third-order valence-corrected chi connectivity index (χ3v) is 6.83. The first-order chi connectivity index (χ1) is 13.8. The average molecular weight is 409 g/mol. The van der Waals surface area contributed by atoms with Gasteiger partial charge in [-0.15, -0.1) is 0 Å². The zero-order valence-electron chi connectivity index (χ0n) is 16.8. The molecule has 152 valence electrons. The van der Waals surface area contributed by atoms with E-state index in [4.69, 9.17) is 5.73 Å². The molecular formula is C24H28N2O2S. The number of rotatable bonds is 8. The van der Waals surface area contributed by atoms with E-state index in [1.165, 1.54) is 0 Å². The molecule has 0 spiro atoms. The van der Waals surface area contributed by atoms with E-state index in [0.717, 1.165) is 16.7 Å². The van der Waals surface area contributed by atoms with Gasteiger partial charge in [0.25, 0.3) is 0 Å². The van der Waals surface area contributed by atoms with Gasteiger partial charge in [-0.1, -0.05) is 105 Å². The maximum atomic E-state index is 13.2. The minimum Gasteiger partial charge on any atom is -0.322 e. The molecule has 29 heavy (non-hydrogen) atoms. The van der Waals surface area contributed by atoms with Crippen LogP contribution >= 0.6 is 0 Å². The second-order valence-corrected chi connectivity index (χ2v) is 9.71. The van der Waals surface area contributed by atoms with Gasteiger partial charge in [-0.2, -0.15) is 0 Å². The lowest BCUT2D eigenvalue weighted by Crippen LogP contribution is -2.41. The van der Waals surface area contributed by atoms with Crippen molar-refractivity contribution in [1.29, 1.82) is 0 Å².